The number of halogens is 1. The predicted molar refractivity (Wildman–Crippen MR) is 69.0 cm³/mol. The molecule has 1 nitrogen and oxygen atoms in total. The third-order valence-corrected chi connectivity index (χ3v) is 2.86. The normalized spacial score (nSPS) is 14.9. The molecule has 0 aliphatic heterocycles. The van der Waals surface area contributed by atoms with Crippen molar-refractivity contribution >= 4 is 18.1 Å². The molecule has 0 amide bonds. The van der Waals surface area contributed by atoms with Crippen molar-refractivity contribution < 1.29 is 0 Å². The Morgan fingerprint density at radius 2 is 1.93 bits per heavy atom. The molecule has 2 heteroatoms. The maximum absolute atomic E-state index is 3.56. The van der Waals surface area contributed by atoms with Gasteiger partial charge in [0.2, 0.25) is 0 Å². The molecule has 0 unspecified atom stereocenters. The van der Waals surface area contributed by atoms with E-state index in [-0.39, 0.29) is 12.4 Å². The average molecular weight is 226 g/mol. The van der Waals surface area contributed by atoms with Crippen molar-refractivity contribution in [1.29, 1.82) is 0 Å². The monoisotopic (exact) mass is 225 g/mol. The Kier molecular flexibility index (Phi) is 4.46. The van der Waals surface area contributed by atoms with Crippen LogP contribution in [0.3, 0.4) is 0 Å². The Morgan fingerprint density at radius 1 is 1.27 bits per heavy atom. The summed E-state index contributed by atoms with van der Waals surface area (Å²) in [6.45, 7) is 5.65. The van der Waals surface area contributed by atoms with Crippen molar-refractivity contribution in [2.24, 2.45) is 5.92 Å². The van der Waals surface area contributed by atoms with E-state index in [1.807, 2.05) is 0 Å². The van der Waals surface area contributed by atoms with Gasteiger partial charge in [0.25, 0.3) is 0 Å². The summed E-state index contributed by atoms with van der Waals surface area (Å²) < 4.78 is 0. The summed E-state index contributed by atoms with van der Waals surface area (Å²) in [5.74, 6) is 1.55. The van der Waals surface area contributed by atoms with Gasteiger partial charge in [-0.3, -0.25) is 0 Å². The molecule has 1 N–H and O–H groups in total. The van der Waals surface area contributed by atoms with Crippen LogP contribution in [0.1, 0.15) is 38.2 Å². The van der Waals surface area contributed by atoms with Gasteiger partial charge in [0, 0.05) is 12.2 Å². The van der Waals surface area contributed by atoms with Crippen molar-refractivity contribution in [2.75, 3.05) is 11.9 Å². The standard InChI is InChI=1S/C13H19N.ClH/c1-10(2)12-5-3-4-6-13(12)14-9-11-7-8-11;/h3-6,10-11,14H,7-9H2,1-2H3;1H. The fourth-order valence-corrected chi connectivity index (χ4v) is 1.74. The zero-order valence-corrected chi connectivity index (χ0v) is 10.3. The molecule has 84 valence electrons. The first-order chi connectivity index (χ1) is 6.77. The van der Waals surface area contributed by atoms with Crippen LogP contribution < -0.4 is 5.32 Å². The molecular formula is C13H20ClN. The molecule has 0 saturated heterocycles. The summed E-state index contributed by atoms with van der Waals surface area (Å²) in [7, 11) is 0. The molecule has 0 radical (unpaired) electrons. The van der Waals surface area contributed by atoms with E-state index < -0.39 is 0 Å². The lowest BCUT2D eigenvalue weighted by Crippen LogP contribution is -2.06. The highest BCUT2D eigenvalue weighted by molar-refractivity contribution is 5.85. The summed E-state index contributed by atoms with van der Waals surface area (Å²) in [5, 5.41) is 3.56. The molecule has 2 rings (SSSR count). The van der Waals surface area contributed by atoms with E-state index in [9.17, 15) is 0 Å². The summed E-state index contributed by atoms with van der Waals surface area (Å²) in [5.41, 5.74) is 2.77. The van der Waals surface area contributed by atoms with Crippen LogP contribution in [0.15, 0.2) is 24.3 Å². The van der Waals surface area contributed by atoms with Crippen LogP contribution in [-0.2, 0) is 0 Å². The van der Waals surface area contributed by atoms with Gasteiger partial charge < -0.3 is 5.32 Å². The minimum absolute atomic E-state index is 0. The van der Waals surface area contributed by atoms with E-state index in [1.54, 1.807) is 0 Å². The van der Waals surface area contributed by atoms with Crippen LogP contribution in [0.2, 0.25) is 0 Å². The second-order valence-electron chi connectivity index (χ2n) is 4.57. The minimum atomic E-state index is 0. The van der Waals surface area contributed by atoms with Crippen LogP contribution in [0.4, 0.5) is 5.69 Å². The van der Waals surface area contributed by atoms with Gasteiger partial charge in [0.15, 0.2) is 0 Å². The molecule has 15 heavy (non-hydrogen) atoms. The zero-order valence-electron chi connectivity index (χ0n) is 9.49. The summed E-state index contributed by atoms with van der Waals surface area (Å²) >= 11 is 0. The SMILES string of the molecule is CC(C)c1ccccc1NCC1CC1.Cl. The molecule has 1 aromatic rings. The van der Waals surface area contributed by atoms with Gasteiger partial charge in [-0.15, -0.1) is 12.4 Å². The molecule has 1 aromatic carbocycles. The van der Waals surface area contributed by atoms with E-state index in [0.717, 1.165) is 12.5 Å². The third-order valence-electron chi connectivity index (χ3n) is 2.86. The summed E-state index contributed by atoms with van der Waals surface area (Å²) in [6, 6.07) is 8.65. The summed E-state index contributed by atoms with van der Waals surface area (Å²) in [4.78, 5) is 0. The van der Waals surface area contributed by atoms with Crippen molar-refractivity contribution in [3.8, 4) is 0 Å². The lowest BCUT2D eigenvalue weighted by molar-refractivity contribution is 0.850. The molecule has 0 atom stereocenters. The Labute approximate surface area is 98.7 Å². The molecular weight excluding hydrogens is 206 g/mol. The van der Waals surface area contributed by atoms with Gasteiger partial charge >= 0.3 is 0 Å². The highest BCUT2D eigenvalue weighted by Crippen LogP contribution is 2.30. The predicted octanol–water partition coefficient (Wildman–Crippen LogP) is 4.05. The lowest BCUT2D eigenvalue weighted by Gasteiger charge is -2.14. The van der Waals surface area contributed by atoms with E-state index in [1.165, 1.54) is 24.1 Å². The van der Waals surface area contributed by atoms with Crippen LogP contribution in [0.5, 0.6) is 0 Å². The third kappa shape index (κ3) is 3.42. The minimum Gasteiger partial charge on any atom is -0.385 e. The molecule has 1 aliphatic carbocycles. The second-order valence-corrected chi connectivity index (χ2v) is 4.57. The number of hydrogen-bond donors (Lipinski definition) is 1. The maximum Gasteiger partial charge on any atom is 0.0375 e. The first-order valence-corrected chi connectivity index (χ1v) is 5.60. The zero-order chi connectivity index (χ0) is 9.97. The molecule has 1 fully saturated rings. The Hall–Kier alpha value is -0.690. The Balaban J connectivity index is 0.00000112. The maximum atomic E-state index is 3.56. The van der Waals surface area contributed by atoms with Crippen LogP contribution in [0.25, 0.3) is 0 Å². The molecule has 0 spiro atoms. The van der Waals surface area contributed by atoms with Gasteiger partial charge in [-0.1, -0.05) is 32.0 Å². The first kappa shape index (κ1) is 12.4. The van der Waals surface area contributed by atoms with Crippen molar-refractivity contribution in [2.45, 2.75) is 32.6 Å². The fourth-order valence-electron chi connectivity index (χ4n) is 1.74. The second kappa shape index (κ2) is 5.41. The van der Waals surface area contributed by atoms with Crippen LogP contribution >= 0.6 is 12.4 Å². The Bertz CT molecular complexity index is 305. The number of nitrogens with one attached hydrogen (secondary N) is 1. The van der Waals surface area contributed by atoms with E-state index >= 15 is 0 Å². The van der Waals surface area contributed by atoms with E-state index in [2.05, 4.69) is 43.4 Å². The number of benzene rings is 1. The fraction of sp³-hybridized carbons (Fsp3) is 0.538. The van der Waals surface area contributed by atoms with Crippen molar-refractivity contribution in [3.05, 3.63) is 29.8 Å². The highest BCUT2D eigenvalue weighted by Gasteiger charge is 2.20. The molecule has 0 aromatic heterocycles. The number of rotatable bonds is 4. The van der Waals surface area contributed by atoms with Gasteiger partial charge in [-0.2, -0.15) is 0 Å². The van der Waals surface area contributed by atoms with Gasteiger partial charge in [0.1, 0.15) is 0 Å². The molecule has 1 aliphatic rings. The Morgan fingerprint density at radius 3 is 2.53 bits per heavy atom. The lowest BCUT2D eigenvalue weighted by atomic mass is 10.0. The van der Waals surface area contributed by atoms with Gasteiger partial charge in [-0.05, 0) is 36.3 Å². The average Bonchev–Trinajstić information content (AvgIpc) is 2.98. The number of para-hydroxylation sites is 1. The molecule has 1 saturated carbocycles. The number of anilines is 1. The van der Waals surface area contributed by atoms with E-state index in [4.69, 9.17) is 0 Å². The van der Waals surface area contributed by atoms with E-state index in [0.29, 0.717) is 5.92 Å². The molecule has 0 heterocycles. The van der Waals surface area contributed by atoms with Crippen LogP contribution in [0, 0.1) is 5.92 Å². The van der Waals surface area contributed by atoms with Gasteiger partial charge in [-0.25, -0.2) is 0 Å². The highest BCUT2D eigenvalue weighted by atomic mass is 35.5. The van der Waals surface area contributed by atoms with Gasteiger partial charge in [0.05, 0.1) is 0 Å². The summed E-state index contributed by atoms with van der Waals surface area (Å²) in [6.07, 6.45) is 2.83. The topological polar surface area (TPSA) is 12.0 Å². The smallest absolute Gasteiger partial charge is 0.0375 e. The van der Waals surface area contributed by atoms with Crippen molar-refractivity contribution in [3.63, 3.8) is 0 Å². The number of hydrogen-bond acceptors (Lipinski definition) is 1. The largest absolute Gasteiger partial charge is 0.385 e. The first-order valence-electron chi connectivity index (χ1n) is 5.60. The van der Waals surface area contributed by atoms with Crippen molar-refractivity contribution in [1.82, 2.24) is 0 Å². The van der Waals surface area contributed by atoms with Crippen LogP contribution in [-0.4, -0.2) is 6.54 Å². The molecule has 0 bridgehead atoms. The quantitative estimate of drug-likeness (QED) is 0.815.